The molecule has 0 heterocycles. The number of hydrogen-bond acceptors (Lipinski definition) is 6. The first-order chi connectivity index (χ1) is 18.0. The first kappa shape index (κ1) is 29.9. The standard InChI is InChI=1S/C24H18F9N5S/c1-38(2)19-11-7-17(8-12-19)36-34-15-3-5-16(6-4-15)35-37-18-9-13-20(14-10-18)39-24(32,33)22(27,28)21(25,26)23(29,30)31/h3-14H,1-2H3. The Morgan fingerprint density at radius 3 is 1.18 bits per heavy atom. The van der Waals surface area contributed by atoms with Gasteiger partial charge >= 0.3 is 23.3 Å². The average Bonchev–Trinajstić information content (AvgIpc) is 2.87. The quantitative estimate of drug-likeness (QED) is 0.144. The number of hydrogen-bond donors (Lipinski definition) is 0. The average molecular weight is 579 g/mol. The monoisotopic (exact) mass is 579 g/mol. The molecular formula is C24H18F9N5S. The molecule has 0 N–H and O–H groups in total. The highest BCUT2D eigenvalue weighted by atomic mass is 32.2. The Bertz CT molecular complexity index is 1310. The Kier molecular flexibility index (Phi) is 8.63. The van der Waals surface area contributed by atoms with Gasteiger partial charge in [0.05, 0.1) is 22.7 Å². The summed E-state index contributed by atoms with van der Waals surface area (Å²) in [5.41, 5.74) is 2.59. The maximum Gasteiger partial charge on any atom is 0.460 e. The first-order valence-corrected chi connectivity index (χ1v) is 11.6. The fraction of sp³-hybridized carbons (Fsp3) is 0.250. The van der Waals surface area contributed by atoms with E-state index in [1.54, 1.807) is 36.4 Å². The first-order valence-electron chi connectivity index (χ1n) is 10.7. The van der Waals surface area contributed by atoms with Crippen molar-refractivity contribution in [2.45, 2.75) is 28.2 Å². The fourth-order valence-electron chi connectivity index (χ4n) is 2.79. The number of thioether (sulfide) groups is 1. The van der Waals surface area contributed by atoms with Gasteiger partial charge in [-0.3, -0.25) is 0 Å². The van der Waals surface area contributed by atoms with Crippen LogP contribution in [-0.2, 0) is 0 Å². The smallest absolute Gasteiger partial charge is 0.378 e. The lowest BCUT2D eigenvalue weighted by atomic mass is 10.1. The summed E-state index contributed by atoms with van der Waals surface area (Å²) in [5, 5.41) is 10.2. The van der Waals surface area contributed by atoms with Crippen molar-refractivity contribution in [3.63, 3.8) is 0 Å². The van der Waals surface area contributed by atoms with Gasteiger partial charge in [-0.15, -0.1) is 0 Å². The van der Waals surface area contributed by atoms with E-state index in [0.717, 1.165) is 30.0 Å². The van der Waals surface area contributed by atoms with Crippen molar-refractivity contribution in [3.8, 4) is 0 Å². The minimum Gasteiger partial charge on any atom is -0.378 e. The molecule has 0 saturated heterocycles. The van der Waals surface area contributed by atoms with Gasteiger partial charge in [0.25, 0.3) is 0 Å². The van der Waals surface area contributed by atoms with Crippen LogP contribution in [0.25, 0.3) is 0 Å². The number of halogens is 9. The molecule has 3 rings (SSSR count). The second-order valence-corrected chi connectivity index (χ2v) is 9.27. The zero-order valence-corrected chi connectivity index (χ0v) is 20.8. The van der Waals surface area contributed by atoms with E-state index in [9.17, 15) is 39.5 Å². The third kappa shape index (κ3) is 6.88. The predicted molar refractivity (Wildman–Crippen MR) is 129 cm³/mol. The third-order valence-electron chi connectivity index (χ3n) is 4.98. The van der Waals surface area contributed by atoms with Crippen molar-refractivity contribution in [1.29, 1.82) is 0 Å². The van der Waals surface area contributed by atoms with Gasteiger partial charge in [-0.05, 0) is 84.6 Å². The van der Waals surface area contributed by atoms with Crippen LogP contribution in [0.2, 0.25) is 0 Å². The van der Waals surface area contributed by atoms with Crippen LogP contribution in [0, 0.1) is 0 Å². The van der Waals surface area contributed by atoms with Crippen LogP contribution in [0.15, 0.2) is 98.1 Å². The van der Waals surface area contributed by atoms with E-state index in [2.05, 4.69) is 20.5 Å². The SMILES string of the molecule is CN(C)c1ccc(N=Nc2ccc(N=Nc3ccc(SC(F)(F)C(F)(F)C(F)(F)C(F)(F)F)cc3)cc2)cc1. The summed E-state index contributed by atoms with van der Waals surface area (Å²) in [7, 11) is 3.82. The van der Waals surface area contributed by atoms with Gasteiger partial charge in [0.1, 0.15) is 0 Å². The molecule has 0 saturated carbocycles. The van der Waals surface area contributed by atoms with Crippen molar-refractivity contribution in [1.82, 2.24) is 0 Å². The molecule has 15 heteroatoms. The second-order valence-electron chi connectivity index (χ2n) is 8.09. The molecule has 0 spiro atoms. The molecule has 0 fully saturated rings. The van der Waals surface area contributed by atoms with Gasteiger partial charge in [0, 0.05) is 24.7 Å². The van der Waals surface area contributed by atoms with Gasteiger partial charge in [0.15, 0.2) is 0 Å². The van der Waals surface area contributed by atoms with E-state index in [4.69, 9.17) is 0 Å². The molecule has 3 aromatic rings. The van der Waals surface area contributed by atoms with Crippen molar-refractivity contribution in [2.75, 3.05) is 19.0 Å². The molecule has 208 valence electrons. The van der Waals surface area contributed by atoms with E-state index in [-0.39, 0.29) is 5.69 Å². The Morgan fingerprint density at radius 1 is 0.513 bits per heavy atom. The molecular weight excluding hydrogens is 561 g/mol. The summed E-state index contributed by atoms with van der Waals surface area (Å²) in [6, 6.07) is 17.4. The lowest BCUT2D eigenvalue weighted by molar-refractivity contribution is -0.381. The molecule has 0 aliphatic heterocycles. The summed E-state index contributed by atoms with van der Waals surface area (Å²) in [6.45, 7) is 0. The largest absolute Gasteiger partial charge is 0.460 e. The van der Waals surface area contributed by atoms with Gasteiger partial charge in [-0.25, -0.2) is 0 Å². The lowest BCUT2D eigenvalue weighted by Gasteiger charge is -2.33. The van der Waals surface area contributed by atoms with E-state index in [0.29, 0.717) is 17.1 Å². The lowest BCUT2D eigenvalue weighted by Crippen LogP contribution is -2.59. The third-order valence-corrected chi connectivity index (χ3v) is 6.00. The van der Waals surface area contributed by atoms with Crippen molar-refractivity contribution in [3.05, 3.63) is 72.8 Å². The summed E-state index contributed by atoms with van der Waals surface area (Å²) < 4.78 is 117. The van der Waals surface area contributed by atoms with E-state index >= 15 is 0 Å². The highest BCUT2D eigenvalue weighted by Crippen LogP contribution is 2.57. The molecule has 39 heavy (non-hydrogen) atoms. The van der Waals surface area contributed by atoms with E-state index in [1.165, 1.54) is 0 Å². The van der Waals surface area contributed by atoms with Crippen LogP contribution in [0.4, 0.5) is 68.0 Å². The second kappa shape index (κ2) is 11.2. The minimum atomic E-state index is -6.95. The number of anilines is 1. The Labute approximate surface area is 220 Å². The topological polar surface area (TPSA) is 52.7 Å². The molecule has 5 nitrogen and oxygen atoms in total. The summed E-state index contributed by atoms with van der Waals surface area (Å²) in [4.78, 5) is 1.25. The molecule has 0 unspecified atom stereocenters. The van der Waals surface area contributed by atoms with Crippen LogP contribution < -0.4 is 4.90 Å². The number of benzene rings is 3. The molecule has 0 radical (unpaired) electrons. The van der Waals surface area contributed by atoms with Crippen LogP contribution in [-0.4, -0.2) is 37.4 Å². The van der Waals surface area contributed by atoms with Gasteiger partial charge in [0.2, 0.25) is 0 Å². The number of rotatable bonds is 9. The minimum absolute atomic E-state index is 0.0694. The van der Waals surface area contributed by atoms with E-state index in [1.807, 2.05) is 31.1 Å². The van der Waals surface area contributed by atoms with Gasteiger partial charge in [-0.1, -0.05) is 0 Å². The normalized spacial score (nSPS) is 13.4. The fourth-order valence-corrected chi connectivity index (χ4v) is 3.61. The maximum atomic E-state index is 13.8. The van der Waals surface area contributed by atoms with Crippen LogP contribution in [0.1, 0.15) is 0 Å². The number of nitrogens with zero attached hydrogens (tertiary/aromatic N) is 5. The van der Waals surface area contributed by atoms with Crippen LogP contribution in [0.5, 0.6) is 0 Å². The summed E-state index contributed by atoms with van der Waals surface area (Å²) in [6.07, 6.45) is -6.87. The van der Waals surface area contributed by atoms with Crippen LogP contribution in [0.3, 0.4) is 0 Å². The molecule has 3 aromatic carbocycles. The molecule has 0 aliphatic carbocycles. The van der Waals surface area contributed by atoms with E-state index < -0.39 is 39.9 Å². The molecule has 0 aromatic heterocycles. The molecule has 0 bridgehead atoms. The van der Waals surface area contributed by atoms with Crippen molar-refractivity contribution in [2.24, 2.45) is 20.5 Å². The summed E-state index contributed by atoms with van der Waals surface area (Å²) in [5.74, 6) is -13.6. The highest BCUT2D eigenvalue weighted by molar-refractivity contribution is 8.00. The molecule has 0 aliphatic rings. The zero-order chi connectivity index (χ0) is 29.1. The highest BCUT2D eigenvalue weighted by Gasteiger charge is 2.82. The Morgan fingerprint density at radius 2 is 0.846 bits per heavy atom. The van der Waals surface area contributed by atoms with Gasteiger partial charge in [-0.2, -0.15) is 60.0 Å². The predicted octanol–water partition coefficient (Wildman–Crippen LogP) is 10.1. The zero-order valence-electron chi connectivity index (χ0n) is 20.0. The molecule has 0 amide bonds. The van der Waals surface area contributed by atoms with Crippen LogP contribution >= 0.6 is 11.8 Å². The maximum absolute atomic E-state index is 13.8. The Balaban J connectivity index is 1.63. The number of azo groups is 2. The molecule has 0 atom stereocenters. The Hall–Kier alpha value is -3.62. The van der Waals surface area contributed by atoms with Crippen molar-refractivity contribution >= 4 is 40.2 Å². The van der Waals surface area contributed by atoms with Gasteiger partial charge < -0.3 is 4.90 Å². The van der Waals surface area contributed by atoms with Crippen molar-refractivity contribution < 1.29 is 39.5 Å². The summed E-state index contributed by atoms with van der Waals surface area (Å²) >= 11 is -1.13. The number of alkyl halides is 9.